The summed E-state index contributed by atoms with van der Waals surface area (Å²) in [5, 5.41) is 4.87. The summed E-state index contributed by atoms with van der Waals surface area (Å²) in [4.78, 5) is 37.6. The van der Waals surface area contributed by atoms with Gasteiger partial charge in [0.2, 0.25) is 6.41 Å². The van der Waals surface area contributed by atoms with Crippen LogP contribution in [0.2, 0.25) is 0 Å². The molecule has 1 N–H and O–H groups in total. The van der Waals surface area contributed by atoms with Crippen LogP contribution in [0.5, 0.6) is 5.75 Å². The molecule has 1 amide bonds. The summed E-state index contributed by atoms with van der Waals surface area (Å²) in [5.74, 6) is -0.0530. The molecule has 0 radical (unpaired) electrons. The zero-order valence-corrected chi connectivity index (χ0v) is 18.7. The second kappa shape index (κ2) is 10.9. The average Bonchev–Trinajstić information content (AvgIpc) is 2.75. The van der Waals surface area contributed by atoms with Crippen molar-refractivity contribution in [2.45, 2.75) is 13.8 Å². The number of nitrogens with one attached hydrogen (secondary N) is 1. The minimum atomic E-state index is -0.414. The fourth-order valence-electron chi connectivity index (χ4n) is 3.61. The van der Waals surface area contributed by atoms with Gasteiger partial charge < -0.3 is 19.4 Å². The first-order valence-corrected chi connectivity index (χ1v) is 10.6. The van der Waals surface area contributed by atoms with Crippen LogP contribution in [0.3, 0.4) is 0 Å². The van der Waals surface area contributed by atoms with Crippen LogP contribution in [0.4, 0.5) is 0 Å². The van der Waals surface area contributed by atoms with Crippen LogP contribution < -0.4 is 15.7 Å². The summed E-state index contributed by atoms with van der Waals surface area (Å²) in [6, 6.07) is 10.7. The van der Waals surface area contributed by atoms with E-state index >= 15 is 0 Å². The molecule has 2 heterocycles. The zero-order chi connectivity index (χ0) is 23.1. The molecule has 0 saturated carbocycles. The smallest absolute Gasteiger partial charge is 0.344 e. The lowest BCUT2D eigenvalue weighted by atomic mass is 10.1. The van der Waals surface area contributed by atoms with Gasteiger partial charge in [0.1, 0.15) is 11.3 Å². The molecule has 8 heteroatoms. The van der Waals surface area contributed by atoms with Crippen molar-refractivity contribution < 1.29 is 18.7 Å². The van der Waals surface area contributed by atoms with Crippen LogP contribution in [0.15, 0.2) is 45.6 Å². The summed E-state index contributed by atoms with van der Waals surface area (Å²) >= 11 is 0. The number of ether oxygens (including phenoxy) is 1. The number of likely N-dealkylation sites (N-methyl/N-ethyl adjacent to an activating group) is 1. The first-order chi connectivity index (χ1) is 15.4. The Kier molecular flexibility index (Phi) is 7.97. The molecule has 1 aromatic heterocycles. The van der Waals surface area contributed by atoms with E-state index in [0.29, 0.717) is 16.7 Å². The van der Waals surface area contributed by atoms with Gasteiger partial charge >= 0.3 is 11.6 Å². The van der Waals surface area contributed by atoms with Crippen LogP contribution in [0.1, 0.15) is 12.5 Å². The highest BCUT2D eigenvalue weighted by Crippen LogP contribution is 2.26. The van der Waals surface area contributed by atoms with Crippen molar-refractivity contribution in [3.05, 3.63) is 52.4 Å². The number of rotatable bonds is 5. The minimum absolute atomic E-state index is 0.361. The molecule has 1 aliphatic heterocycles. The quantitative estimate of drug-likeness (QED) is 0.163. The molecule has 1 fully saturated rings. The molecule has 4 rings (SSSR count). The van der Waals surface area contributed by atoms with Crippen LogP contribution >= 0.6 is 0 Å². The number of nitrogens with zero attached hydrogens (tertiary/aromatic N) is 2. The Morgan fingerprint density at radius 1 is 1.09 bits per heavy atom. The number of piperazine rings is 1. The molecular weight excluding hydrogens is 410 g/mol. The first kappa shape index (κ1) is 23.4. The number of fused-ring (bicyclic) bond motifs is 3. The summed E-state index contributed by atoms with van der Waals surface area (Å²) in [6.07, 6.45) is 0.760. The number of hydrogen-bond donors (Lipinski definition) is 1. The van der Waals surface area contributed by atoms with E-state index in [1.807, 2.05) is 19.1 Å². The molecule has 2 aromatic carbocycles. The molecule has 170 valence electrons. The van der Waals surface area contributed by atoms with Gasteiger partial charge in [0.15, 0.2) is 0 Å². The van der Waals surface area contributed by atoms with Gasteiger partial charge in [0, 0.05) is 57.6 Å². The normalized spacial score (nSPS) is 14.6. The monoisotopic (exact) mass is 439 g/mol. The predicted molar refractivity (Wildman–Crippen MR) is 124 cm³/mol. The van der Waals surface area contributed by atoms with E-state index in [9.17, 15) is 14.4 Å². The Labute approximate surface area is 186 Å². The maximum atomic E-state index is 12.0. The highest BCUT2D eigenvalue weighted by molar-refractivity contribution is 6.04. The van der Waals surface area contributed by atoms with Crippen molar-refractivity contribution in [1.29, 1.82) is 0 Å². The van der Waals surface area contributed by atoms with Crippen molar-refractivity contribution in [3.8, 4) is 5.75 Å². The summed E-state index contributed by atoms with van der Waals surface area (Å²) in [6.45, 7) is 9.52. The van der Waals surface area contributed by atoms with Gasteiger partial charge in [-0.3, -0.25) is 14.5 Å². The Hall–Kier alpha value is -3.23. The highest BCUT2D eigenvalue weighted by atomic mass is 16.5. The van der Waals surface area contributed by atoms with E-state index in [-0.39, 0.29) is 0 Å². The Morgan fingerprint density at radius 3 is 2.50 bits per heavy atom. The van der Waals surface area contributed by atoms with Crippen LogP contribution in [0.25, 0.3) is 21.7 Å². The van der Waals surface area contributed by atoms with Gasteiger partial charge in [0.05, 0.1) is 5.39 Å². The number of carbonyl (C=O) groups excluding carboxylic acids is 2. The van der Waals surface area contributed by atoms with Gasteiger partial charge in [-0.15, -0.1) is 0 Å². The number of aryl methyl sites for hydroxylation is 1. The number of hydrogen-bond acceptors (Lipinski definition) is 7. The highest BCUT2D eigenvalue weighted by Gasteiger charge is 2.12. The van der Waals surface area contributed by atoms with E-state index in [1.165, 1.54) is 6.92 Å². The molecule has 1 aliphatic rings. The third-order valence-electron chi connectivity index (χ3n) is 5.35. The largest absolute Gasteiger partial charge is 0.427 e. The lowest BCUT2D eigenvalue weighted by Crippen LogP contribution is -2.46. The second-order valence-corrected chi connectivity index (χ2v) is 7.91. The van der Waals surface area contributed by atoms with E-state index in [0.717, 1.165) is 62.0 Å². The average molecular weight is 440 g/mol. The van der Waals surface area contributed by atoms with Crippen LogP contribution in [-0.2, 0) is 9.59 Å². The molecule has 8 nitrogen and oxygen atoms in total. The summed E-state index contributed by atoms with van der Waals surface area (Å²) in [7, 11) is 2.14. The zero-order valence-electron chi connectivity index (χ0n) is 18.7. The second-order valence-electron chi connectivity index (χ2n) is 7.91. The fourth-order valence-corrected chi connectivity index (χ4v) is 3.61. The molecule has 0 unspecified atom stereocenters. The summed E-state index contributed by atoms with van der Waals surface area (Å²) in [5.41, 5.74) is 1.02. The Balaban J connectivity index is 0.000000207. The molecule has 1 saturated heterocycles. The topological polar surface area (TPSA) is 92.1 Å². The van der Waals surface area contributed by atoms with E-state index in [4.69, 9.17) is 9.15 Å². The summed E-state index contributed by atoms with van der Waals surface area (Å²) < 4.78 is 10.3. The van der Waals surface area contributed by atoms with Gasteiger partial charge in [0.25, 0.3) is 0 Å². The van der Waals surface area contributed by atoms with E-state index < -0.39 is 11.6 Å². The van der Waals surface area contributed by atoms with Gasteiger partial charge in [-0.1, -0.05) is 17.7 Å². The van der Waals surface area contributed by atoms with E-state index in [1.54, 1.807) is 24.3 Å². The molecule has 3 aromatic rings. The predicted octanol–water partition coefficient (Wildman–Crippen LogP) is 2.16. The maximum Gasteiger partial charge on any atom is 0.344 e. The van der Waals surface area contributed by atoms with Crippen LogP contribution in [0, 0.1) is 6.92 Å². The van der Waals surface area contributed by atoms with Gasteiger partial charge in [-0.05, 0) is 37.6 Å². The van der Waals surface area contributed by atoms with E-state index in [2.05, 4.69) is 22.2 Å². The standard InChI is InChI=1S/C16H12O4.C8H17N3O/c1-9-3-5-12-13-6-4-11(19-10(2)17)8-15(13)20-16(18)14(12)7-9;1-10-4-6-11(7-5-10)3-2-9-8-12/h3-8H,1-2H3;8H,2-7H2,1H3,(H,9,12). The van der Waals surface area contributed by atoms with Gasteiger partial charge in [-0.25, -0.2) is 4.79 Å². The van der Waals surface area contributed by atoms with Crippen molar-refractivity contribution in [3.63, 3.8) is 0 Å². The van der Waals surface area contributed by atoms with Crippen molar-refractivity contribution in [1.82, 2.24) is 15.1 Å². The number of benzene rings is 2. The van der Waals surface area contributed by atoms with Crippen LogP contribution in [-0.4, -0.2) is 68.5 Å². The molecule has 0 spiro atoms. The number of carbonyl (C=O) groups is 2. The van der Waals surface area contributed by atoms with Crippen molar-refractivity contribution in [2.75, 3.05) is 46.3 Å². The molecule has 0 bridgehead atoms. The third kappa shape index (κ3) is 6.15. The lowest BCUT2D eigenvalue weighted by Gasteiger charge is -2.32. The molecular formula is C24H29N3O5. The lowest BCUT2D eigenvalue weighted by molar-refractivity contribution is -0.131. The molecule has 0 aliphatic carbocycles. The number of esters is 1. The van der Waals surface area contributed by atoms with Crippen molar-refractivity contribution >= 4 is 34.1 Å². The SMILES string of the molecule is CC(=O)Oc1ccc2c(c1)oc(=O)c1cc(C)ccc12.CN1CCN(CCNC=O)CC1. The Morgan fingerprint density at radius 2 is 1.81 bits per heavy atom. The first-order valence-electron chi connectivity index (χ1n) is 10.6. The van der Waals surface area contributed by atoms with Gasteiger partial charge in [-0.2, -0.15) is 0 Å². The Bertz CT molecular complexity index is 1150. The molecule has 0 atom stereocenters. The fraction of sp³-hybridized carbons (Fsp3) is 0.375. The minimum Gasteiger partial charge on any atom is -0.427 e. The number of amides is 1. The molecule has 32 heavy (non-hydrogen) atoms. The third-order valence-corrected chi connectivity index (χ3v) is 5.35. The van der Waals surface area contributed by atoms with Crippen molar-refractivity contribution in [2.24, 2.45) is 0 Å². The maximum absolute atomic E-state index is 12.0.